The molecule has 22 heavy (non-hydrogen) atoms. The van der Waals surface area contributed by atoms with Crippen molar-refractivity contribution in [2.24, 2.45) is 0 Å². The number of aliphatic carboxylic acids is 1. The Morgan fingerprint density at radius 3 is 2.27 bits per heavy atom. The lowest BCUT2D eigenvalue weighted by Crippen LogP contribution is -2.61. The van der Waals surface area contributed by atoms with Gasteiger partial charge in [0, 0.05) is 25.6 Å². The number of carbonyl (C=O) groups excluding carboxylic acids is 2. The van der Waals surface area contributed by atoms with Crippen LogP contribution in [0.4, 0.5) is 0 Å². The summed E-state index contributed by atoms with van der Waals surface area (Å²) in [6, 6.07) is 8.03. The first-order valence-corrected chi connectivity index (χ1v) is 7.27. The minimum absolute atomic E-state index is 0.133. The second-order valence-electron chi connectivity index (χ2n) is 5.48. The van der Waals surface area contributed by atoms with Gasteiger partial charge in [-0.2, -0.15) is 0 Å². The predicted octanol–water partition coefficient (Wildman–Crippen LogP) is 1.22. The fourth-order valence-corrected chi connectivity index (χ4v) is 2.94. The molecule has 1 N–H and O–H groups in total. The third-order valence-corrected chi connectivity index (χ3v) is 4.10. The Morgan fingerprint density at radius 1 is 1.14 bits per heavy atom. The summed E-state index contributed by atoms with van der Waals surface area (Å²) in [7, 11) is 0. The molecule has 0 bridgehead atoms. The summed E-state index contributed by atoms with van der Waals surface area (Å²) < 4.78 is 0. The largest absolute Gasteiger partial charge is 0.481 e. The average molecular weight is 304 g/mol. The quantitative estimate of drug-likeness (QED) is 0.911. The molecule has 2 amide bonds. The lowest BCUT2D eigenvalue weighted by molar-refractivity contribution is -0.143. The van der Waals surface area contributed by atoms with Gasteiger partial charge in [-0.1, -0.05) is 18.2 Å². The molecule has 1 aliphatic rings. The first-order chi connectivity index (χ1) is 10.4. The molecule has 1 saturated heterocycles. The standard InChI is InChI=1S/C16H20N2O4/c1-11-14(10-15(20)21)18(12(2)19)9-8-17(11)16(22)13-6-4-3-5-7-13/h3-7,11,14H,8-10H2,1-2H3,(H,20,21)/t11-,14-/m1/s1. The van der Waals surface area contributed by atoms with Gasteiger partial charge in [-0.05, 0) is 19.1 Å². The van der Waals surface area contributed by atoms with E-state index in [1.165, 1.54) is 6.92 Å². The topological polar surface area (TPSA) is 77.9 Å². The van der Waals surface area contributed by atoms with Crippen LogP contribution in [0.5, 0.6) is 0 Å². The summed E-state index contributed by atoms with van der Waals surface area (Å²) in [6.07, 6.45) is -0.167. The Morgan fingerprint density at radius 2 is 1.73 bits per heavy atom. The predicted molar refractivity (Wildman–Crippen MR) is 80.4 cm³/mol. The van der Waals surface area contributed by atoms with Crippen LogP contribution in [0.15, 0.2) is 30.3 Å². The third kappa shape index (κ3) is 3.27. The van der Waals surface area contributed by atoms with Crippen LogP contribution in [0, 0.1) is 0 Å². The summed E-state index contributed by atoms with van der Waals surface area (Å²) in [5.74, 6) is -1.27. The fourth-order valence-electron chi connectivity index (χ4n) is 2.94. The Labute approximate surface area is 129 Å². The number of carboxylic acid groups (broad SMARTS) is 1. The Kier molecular flexibility index (Phi) is 4.80. The highest BCUT2D eigenvalue weighted by Gasteiger charge is 2.38. The van der Waals surface area contributed by atoms with E-state index in [2.05, 4.69) is 0 Å². The van der Waals surface area contributed by atoms with Crippen LogP contribution in [0.3, 0.4) is 0 Å². The maximum atomic E-state index is 12.6. The molecule has 1 aromatic rings. The molecule has 1 aliphatic heterocycles. The maximum absolute atomic E-state index is 12.6. The van der Waals surface area contributed by atoms with E-state index in [4.69, 9.17) is 5.11 Å². The van der Waals surface area contributed by atoms with E-state index in [1.807, 2.05) is 6.07 Å². The van der Waals surface area contributed by atoms with Crippen molar-refractivity contribution in [1.82, 2.24) is 9.80 Å². The Bertz CT molecular complexity index is 573. The highest BCUT2D eigenvalue weighted by molar-refractivity contribution is 5.94. The van der Waals surface area contributed by atoms with E-state index < -0.39 is 12.0 Å². The zero-order chi connectivity index (χ0) is 16.3. The summed E-state index contributed by atoms with van der Waals surface area (Å²) >= 11 is 0. The maximum Gasteiger partial charge on any atom is 0.305 e. The van der Waals surface area contributed by atoms with Gasteiger partial charge in [0.1, 0.15) is 0 Å². The van der Waals surface area contributed by atoms with Gasteiger partial charge < -0.3 is 14.9 Å². The number of carboxylic acids is 1. The van der Waals surface area contributed by atoms with Gasteiger partial charge in [0.2, 0.25) is 5.91 Å². The summed E-state index contributed by atoms with van der Waals surface area (Å²) in [5, 5.41) is 9.08. The lowest BCUT2D eigenvalue weighted by Gasteiger charge is -2.45. The number of rotatable bonds is 3. The van der Waals surface area contributed by atoms with Gasteiger partial charge in [-0.15, -0.1) is 0 Å². The van der Waals surface area contributed by atoms with Crippen molar-refractivity contribution >= 4 is 17.8 Å². The lowest BCUT2D eigenvalue weighted by atomic mass is 9.98. The SMILES string of the molecule is CC(=O)N1CCN(C(=O)c2ccccc2)[C@H](C)[C@H]1CC(=O)O. The van der Waals surface area contributed by atoms with Gasteiger partial charge in [-0.25, -0.2) is 0 Å². The molecule has 1 fully saturated rings. The van der Waals surface area contributed by atoms with Crippen LogP contribution in [-0.4, -0.2) is 57.9 Å². The minimum Gasteiger partial charge on any atom is -0.481 e. The molecular formula is C16H20N2O4. The second-order valence-corrected chi connectivity index (χ2v) is 5.48. The highest BCUT2D eigenvalue weighted by Crippen LogP contribution is 2.22. The van der Waals surface area contributed by atoms with Crippen molar-refractivity contribution in [3.05, 3.63) is 35.9 Å². The average Bonchev–Trinajstić information content (AvgIpc) is 2.48. The highest BCUT2D eigenvalue weighted by atomic mass is 16.4. The molecule has 2 rings (SSSR count). The molecule has 1 heterocycles. The Balaban J connectivity index is 2.23. The molecule has 0 aromatic heterocycles. The first-order valence-electron chi connectivity index (χ1n) is 7.27. The summed E-state index contributed by atoms with van der Waals surface area (Å²) in [6.45, 7) is 3.99. The van der Waals surface area contributed by atoms with Crippen LogP contribution in [0.2, 0.25) is 0 Å². The van der Waals surface area contributed by atoms with Crippen molar-refractivity contribution in [1.29, 1.82) is 0 Å². The molecule has 118 valence electrons. The van der Waals surface area contributed by atoms with E-state index in [1.54, 1.807) is 41.0 Å². The van der Waals surface area contributed by atoms with Crippen LogP contribution in [-0.2, 0) is 9.59 Å². The van der Waals surface area contributed by atoms with Crippen LogP contribution in [0.25, 0.3) is 0 Å². The van der Waals surface area contributed by atoms with Crippen molar-refractivity contribution in [3.63, 3.8) is 0 Å². The van der Waals surface area contributed by atoms with Crippen molar-refractivity contribution < 1.29 is 19.5 Å². The van der Waals surface area contributed by atoms with E-state index in [0.29, 0.717) is 18.7 Å². The zero-order valence-electron chi connectivity index (χ0n) is 12.7. The van der Waals surface area contributed by atoms with Crippen molar-refractivity contribution in [2.75, 3.05) is 13.1 Å². The number of carbonyl (C=O) groups is 3. The van der Waals surface area contributed by atoms with Crippen LogP contribution >= 0.6 is 0 Å². The van der Waals surface area contributed by atoms with E-state index in [-0.39, 0.29) is 24.3 Å². The molecule has 6 nitrogen and oxygen atoms in total. The van der Waals surface area contributed by atoms with Crippen molar-refractivity contribution in [3.8, 4) is 0 Å². The van der Waals surface area contributed by atoms with Gasteiger partial charge in [0.05, 0.1) is 18.5 Å². The zero-order valence-corrected chi connectivity index (χ0v) is 12.7. The number of benzene rings is 1. The minimum atomic E-state index is -0.975. The summed E-state index contributed by atoms with van der Waals surface area (Å²) in [5.41, 5.74) is 0.569. The monoisotopic (exact) mass is 304 g/mol. The molecule has 0 radical (unpaired) electrons. The van der Waals surface area contributed by atoms with Gasteiger partial charge in [-0.3, -0.25) is 14.4 Å². The van der Waals surface area contributed by atoms with Gasteiger partial charge in [0.15, 0.2) is 0 Å². The number of hydrogen-bond donors (Lipinski definition) is 1. The van der Waals surface area contributed by atoms with E-state index in [9.17, 15) is 14.4 Å². The normalized spacial score (nSPS) is 21.5. The molecule has 0 saturated carbocycles. The first kappa shape index (κ1) is 16.0. The second kappa shape index (κ2) is 6.60. The molecular weight excluding hydrogens is 284 g/mol. The molecule has 0 unspecified atom stereocenters. The number of hydrogen-bond acceptors (Lipinski definition) is 3. The molecule has 1 aromatic carbocycles. The fraction of sp³-hybridized carbons (Fsp3) is 0.438. The number of piperazine rings is 1. The van der Waals surface area contributed by atoms with Crippen LogP contribution in [0.1, 0.15) is 30.6 Å². The van der Waals surface area contributed by atoms with E-state index >= 15 is 0 Å². The molecule has 2 atom stereocenters. The van der Waals surface area contributed by atoms with Crippen molar-refractivity contribution in [2.45, 2.75) is 32.4 Å². The van der Waals surface area contributed by atoms with Gasteiger partial charge in [0.25, 0.3) is 5.91 Å². The number of amides is 2. The number of nitrogens with zero attached hydrogens (tertiary/aromatic N) is 2. The third-order valence-electron chi connectivity index (χ3n) is 4.10. The Hall–Kier alpha value is -2.37. The van der Waals surface area contributed by atoms with Gasteiger partial charge >= 0.3 is 5.97 Å². The summed E-state index contributed by atoms with van der Waals surface area (Å²) in [4.78, 5) is 38.6. The molecule has 0 spiro atoms. The van der Waals surface area contributed by atoms with Crippen LogP contribution < -0.4 is 0 Å². The van der Waals surface area contributed by atoms with E-state index in [0.717, 1.165) is 0 Å². The molecule has 0 aliphatic carbocycles. The molecule has 6 heteroatoms. The smallest absolute Gasteiger partial charge is 0.305 e.